The Bertz CT molecular complexity index is 473. The number of carboxylic acids is 1. The van der Waals surface area contributed by atoms with Crippen molar-refractivity contribution in [3.05, 3.63) is 23.8 Å². The summed E-state index contributed by atoms with van der Waals surface area (Å²) >= 11 is 0. The number of aromatic hydroxyl groups is 2. The molecule has 0 aliphatic carbocycles. The van der Waals surface area contributed by atoms with Gasteiger partial charge in [0.2, 0.25) is 0 Å². The molecule has 21 heavy (non-hydrogen) atoms. The molecule has 0 spiro atoms. The smallest absolute Gasteiger partial charge is 0.303 e. The normalized spacial score (nSPS) is 10.3. The summed E-state index contributed by atoms with van der Waals surface area (Å²) in [7, 11) is 0. The fourth-order valence-corrected chi connectivity index (χ4v) is 1.98. The molecule has 0 atom stereocenters. The van der Waals surface area contributed by atoms with Gasteiger partial charge in [-0.05, 0) is 25.0 Å². The second-order valence-corrected chi connectivity index (χ2v) is 4.84. The summed E-state index contributed by atoms with van der Waals surface area (Å²) in [5, 5.41) is 30.2. The Balaban J connectivity index is 0.00000441. The van der Waals surface area contributed by atoms with E-state index in [0.717, 1.165) is 25.7 Å². The van der Waals surface area contributed by atoms with E-state index in [1.54, 1.807) is 0 Å². The van der Waals surface area contributed by atoms with E-state index in [1.165, 1.54) is 18.2 Å². The fraction of sp³-hybridized carbons (Fsp3) is 0.467. The number of carboxylic acid groups (broad SMARTS) is 1. The second-order valence-electron chi connectivity index (χ2n) is 4.84. The van der Waals surface area contributed by atoms with Crippen molar-refractivity contribution in [3.8, 4) is 11.5 Å². The maximum Gasteiger partial charge on any atom is 0.303 e. The molecule has 0 aliphatic rings. The lowest BCUT2D eigenvalue weighted by Crippen LogP contribution is -2.24. The van der Waals surface area contributed by atoms with Gasteiger partial charge in [-0.25, -0.2) is 0 Å². The average molecular weight is 297 g/mol. The van der Waals surface area contributed by atoms with Gasteiger partial charge in [0.25, 0.3) is 5.91 Å². The Morgan fingerprint density at radius 2 is 1.57 bits per heavy atom. The molecule has 4 N–H and O–H groups in total. The third-order valence-electron chi connectivity index (χ3n) is 3.10. The molecule has 0 radical (unpaired) electrons. The molecule has 1 aromatic rings. The number of nitrogens with one attached hydrogen (secondary N) is 1. The van der Waals surface area contributed by atoms with E-state index in [0.29, 0.717) is 13.0 Å². The summed E-state index contributed by atoms with van der Waals surface area (Å²) < 4.78 is 0. The van der Waals surface area contributed by atoms with E-state index in [-0.39, 0.29) is 24.9 Å². The minimum absolute atomic E-state index is 0. The topological polar surface area (TPSA) is 107 Å². The molecule has 1 amide bonds. The Morgan fingerprint density at radius 1 is 1.00 bits per heavy atom. The third-order valence-corrected chi connectivity index (χ3v) is 3.10. The van der Waals surface area contributed by atoms with E-state index < -0.39 is 11.9 Å². The van der Waals surface area contributed by atoms with Crippen molar-refractivity contribution in [1.82, 2.24) is 5.32 Å². The van der Waals surface area contributed by atoms with Crippen molar-refractivity contribution in [3.63, 3.8) is 0 Å². The van der Waals surface area contributed by atoms with Crippen LogP contribution in [0.25, 0.3) is 0 Å². The summed E-state index contributed by atoms with van der Waals surface area (Å²) in [5.74, 6) is -1.77. The standard InChI is InChI=1S/C15H21NO5.H2/c17-11-7-6-8-12(18)14(11)15(21)16-10-5-3-1-2-4-9-13(19)20;/h6-8,17-18H,1-5,9-10H2,(H,16,21)(H,19,20);1H. The number of unbranched alkanes of at least 4 members (excludes halogenated alkanes) is 4. The highest BCUT2D eigenvalue weighted by Crippen LogP contribution is 2.25. The molecule has 0 saturated heterocycles. The summed E-state index contributed by atoms with van der Waals surface area (Å²) in [5.41, 5.74) is -0.112. The quantitative estimate of drug-likeness (QED) is 0.524. The minimum Gasteiger partial charge on any atom is -0.507 e. The molecule has 0 fully saturated rings. The molecule has 0 aromatic heterocycles. The lowest BCUT2D eigenvalue weighted by atomic mass is 10.1. The van der Waals surface area contributed by atoms with Crippen LogP contribution in [0.1, 0.15) is 50.3 Å². The predicted octanol–water partition coefficient (Wildman–Crippen LogP) is 2.50. The summed E-state index contributed by atoms with van der Waals surface area (Å²) in [6, 6.07) is 4.15. The average Bonchev–Trinajstić information content (AvgIpc) is 2.41. The van der Waals surface area contributed by atoms with Gasteiger partial charge in [0.05, 0.1) is 0 Å². The number of hydrogen-bond donors (Lipinski definition) is 4. The van der Waals surface area contributed by atoms with Crippen LogP contribution >= 0.6 is 0 Å². The first kappa shape index (κ1) is 16.8. The van der Waals surface area contributed by atoms with Crippen molar-refractivity contribution in [1.29, 1.82) is 0 Å². The van der Waals surface area contributed by atoms with E-state index >= 15 is 0 Å². The molecular formula is C15H23NO5. The Labute approximate surface area is 124 Å². The zero-order valence-electron chi connectivity index (χ0n) is 11.8. The van der Waals surface area contributed by atoms with Gasteiger partial charge in [-0.3, -0.25) is 9.59 Å². The van der Waals surface area contributed by atoms with Crippen LogP contribution in [0.3, 0.4) is 0 Å². The van der Waals surface area contributed by atoms with E-state index in [4.69, 9.17) is 5.11 Å². The number of amides is 1. The molecule has 1 rings (SSSR count). The number of phenols is 2. The first-order chi connectivity index (χ1) is 10.0. The predicted molar refractivity (Wildman–Crippen MR) is 79.6 cm³/mol. The van der Waals surface area contributed by atoms with E-state index in [2.05, 4.69) is 5.32 Å². The number of rotatable bonds is 9. The lowest BCUT2D eigenvalue weighted by molar-refractivity contribution is -0.137. The molecule has 0 unspecified atom stereocenters. The Morgan fingerprint density at radius 3 is 2.19 bits per heavy atom. The number of benzene rings is 1. The largest absolute Gasteiger partial charge is 0.507 e. The molecule has 0 heterocycles. The second kappa shape index (κ2) is 8.84. The van der Waals surface area contributed by atoms with Crippen LogP contribution in [0.4, 0.5) is 0 Å². The highest BCUT2D eigenvalue weighted by Gasteiger charge is 2.14. The van der Waals surface area contributed by atoms with Crippen LogP contribution < -0.4 is 5.32 Å². The molecule has 6 heteroatoms. The van der Waals surface area contributed by atoms with E-state index in [1.807, 2.05) is 0 Å². The van der Waals surface area contributed by atoms with Crippen LogP contribution in [0.15, 0.2) is 18.2 Å². The molecule has 6 nitrogen and oxygen atoms in total. The van der Waals surface area contributed by atoms with Crippen molar-refractivity contribution in [2.24, 2.45) is 0 Å². The Kier molecular flexibility index (Phi) is 7.08. The van der Waals surface area contributed by atoms with Gasteiger partial charge in [0.1, 0.15) is 17.1 Å². The van der Waals surface area contributed by atoms with Crippen molar-refractivity contribution in [2.75, 3.05) is 6.54 Å². The molecule has 1 aromatic carbocycles. The number of aliphatic carboxylic acids is 1. The fourth-order valence-electron chi connectivity index (χ4n) is 1.98. The van der Waals surface area contributed by atoms with Crippen molar-refractivity contribution < 1.29 is 26.3 Å². The third kappa shape index (κ3) is 6.16. The summed E-state index contributed by atoms with van der Waals surface area (Å²) in [4.78, 5) is 22.1. The lowest BCUT2D eigenvalue weighted by Gasteiger charge is -2.08. The number of carbonyl (C=O) groups excluding carboxylic acids is 1. The highest BCUT2D eigenvalue weighted by atomic mass is 16.4. The summed E-state index contributed by atoms with van der Waals surface area (Å²) in [6.45, 7) is 0.450. The van der Waals surface area contributed by atoms with Gasteiger partial charge in [-0.1, -0.05) is 25.3 Å². The molecule has 0 bridgehead atoms. The molecular weight excluding hydrogens is 274 g/mol. The van der Waals surface area contributed by atoms with Gasteiger partial charge in [-0.2, -0.15) is 0 Å². The Hall–Kier alpha value is -2.24. The minimum atomic E-state index is -0.773. The van der Waals surface area contributed by atoms with Crippen molar-refractivity contribution >= 4 is 11.9 Å². The first-order valence-electron chi connectivity index (χ1n) is 7.03. The maximum absolute atomic E-state index is 11.8. The van der Waals surface area contributed by atoms with Crippen LogP contribution in [0.2, 0.25) is 0 Å². The number of phenolic OH excluding ortho intramolecular Hbond substituents is 2. The van der Waals surface area contributed by atoms with Gasteiger partial charge >= 0.3 is 5.97 Å². The first-order valence-corrected chi connectivity index (χ1v) is 7.03. The van der Waals surface area contributed by atoms with E-state index in [9.17, 15) is 19.8 Å². The molecule has 0 saturated carbocycles. The zero-order valence-corrected chi connectivity index (χ0v) is 11.8. The van der Waals surface area contributed by atoms with Crippen LogP contribution in [0.5, 0.6) is 11.5 Å². The monoisotopic (exact) mass is 297 g/mol. The van der Waals surface area contributed by atoms with Gasteiger partial charge in [0, 0.05) is 14.4 Å². The maximum atomic E-state index is 11.8. The van der Waals surface area contributed by atoms with Crippen LogP contribution in [0, 0.1) is 0 Å². The van der Waals surface area contributed by atoms with Crippen molar-refractivity contribution in [2.45, 2.75) is 38.5 Å². The molecule has 0 aliphatic heterocycles. The number of carbonyl (C=O) groups is 2. The van der Waals surface area contributed by atoms with Crippen LogP contribution in [-0.4, -0.2) is 33.7 Å². The van der Waals surface area contributed by atoms with Gasteiger partial charge < -0.3 is 20.6 Å². The van der Waals surface area contributed by atoms with Crippen LogP contribution in [-0.2, 0) is 4.79 Å². The molecule has 118 valence electrons. The van der Waals surface area contributed by atoms with Gasteiger partial charge in [0.15, 0.2) is 0 Å². The van der Waals surface area contributed by atoms with Gasteiger partial charge in [-0.15, -0.1) is 0 Å². The zero-order chi connectivity index (χ0) is 15.7. The SMILES string of the molecule is O=C(O)CCCCCCCNC(=O)c1c(O)cccc1O.[HH]. The summed E-state index contributed by atoms with van der Waals surface area (Å²) in [6.07, 6.45) is 4.32. The highest BCUT2D eigenvalue weighted by molar-refractivity contribution is 5.99. The number of hydrogen-bond acceptors (Lipinski definition) is 4.